The lowest BCUT2D eigenvalue weighted by Gasteiger charge is -2.29. The van der Waals surface area contributed by atoms with Crippen LogP contribution >= 0.6 is 11.3 Å². The second-order valence-electron chi connectivity index (χ2n) is 6.80. The molecule has 0 aromatic carbocycles. The van der Waals surface area contributed by atoms with Crippen LogP contribution in [0.2, 0.25) is 0 Å². The summed E-state index contributed by atoms with van der Waals surface area (Å²) >= 11 is 1.69. The lowest BCUT2D eigenvalue weighted by molar-refractivity contribution is 0.206. The first-order valence-corrected chi connectivity index (χ1v) is 8.59. The van der Waals surface area contributed by atoms with Gasteiger partial charge in [-0.3, -0.25) is 4.90 Å². The molecule has 1 aliphatic heterocycles. The summed E-state index contributed by atoms with van der Waals surface area (Å²) < 4.78 is 0. The molecule has 1 N–H and O–H groups in total. The lowest BCUT2D eigenvalue weighted by atomic mass is 9.77. The number of anilines is 1. The van der Waals surface area contributed by atoms with E-state index in [1.165, 1.54) is 32.4 Å². The summed E-state index contributed by atoms with van der Waals surface area (Å²) in [5, 5.41) is 13.8. The van der Waals surface area contributed by atoms with E-state index in [-0.39, 0.29) is 0 Å². The van der Waals surface area contributed by atoms with E-state index >= 15 is 0 Å². The zero-order valence-corrected chi connectivity index (χ0v) is 14.1. The maximum atomic E-state index is 4.29. The van der Waals surface area contributed by atoms with Crippen molar-refractivity contribution in [3.05, 3.63) is 5.01 Å². The molecule has 1 unspecified atom stereocenters. The third-order valence-electron chi connectivity index (χ3n) is 4.20. The van der Waals surface area contributed by atoms with Gasteiger partial charge in [0, 0.05) is 6.54 Å². The monoisotopic (exact) mass is 296 g/mol. The van der Waals surface area contributed by atoms with Crippen molar-refractivity contribution < 1.29 is 0 Å². The lowest BCUT2D eigenvalue weighted by Crippen LogP contribution is -2.26. The minimum atomic E-state index is 0.441. The van der Waals surface area contributed by atoms with Crippen LogP contribution in [0.25, 0.3) is 0 Å². The van der Waals surface area contributed by atoms with E-state index in [2.05, 4.69) is 48.1 Å². The highest BCUT2D eigenvalue weighted by molar-refractivity contribution is 7.15. The second kappa shape index (κ2) is 6.85. The molecule has 1 aromatic heterocycles. The predicted octanol–water partition coefficient (Wildman–Crippen LogP) is 3.62. The van der Waals surface area contributed by atoms with Crippen molar-refractivity contribution in [1.82, 2.24) is 15.1 Å². The maximum absolute atomic E-state index is 4.29. The molecule has 2 rings (SSSR count). The fourth-order valence-electron chi connectivity index (χ4n) is 2.91. The van der Waals surface area contributed by atoms with Gasteiger partial charge >= 0.3 is 0 Å². The van der Waals surface area contributed by atoms with Gasteiger partial charge in [0.1, 0.15) is 5.01 Å². The van der Waals surface area contributed by atoms with Crippen molar-refractivity contribution in [3.63, 3.8) is 0 Å². The predicted molar refractivity (Wildman–Crippen MR) is 86.1 cm³/mol. The maximum Gasteiger partial charge on any atom is 0.205 e. The third-order valence-corrected chi connectivity index (χ3v) is 5.06. The summed E-state index contributed by atoms with van der Waals surface area (Å²) in [5.74, 6) is 0.847. The normalized spacial score (nSPS) is 21.7. The molecule has 0 spiro atoms. The minimum absolute atomic E-state index is 0.441. The van der Waals surface area contributed by atoms with E-state index in [4.69, 9.17) is 0 Å². The topological polar surface area (TPSA) is 41.1 Å². The number of nitrogens with one attached hydrogen (secondary N) is 1. The first kappa shape index (κ1) is 15.7. The summed E-state index contributed by atoms with van der Waals surface area (Å²) in [4.78, 5) is 2.54. The number of rotatable bonds is 4. The van der Waals surface area contributed by atoms with Crippen LogP contribution < -0.4 is 5.32 Å². The van der Waals surface area contributed by atoms with E-state index in [9.17, 15) is 0 Å². The van der Waals surface area contributed by atoms with Crippen LogP contribution in [0.3, 0.4) is 0 Å². The zero-order chi connectivity index (χ0) is 14.6. The van der Waals surface area contributed by atoms with Gasteiger partial charge in [-0.15, -0.1) is 10.2 Å². The van der Waals surface area contributed by atoms with Crippen molar-refractivity contribution in [1.29, 1.82) is 0 Å². The Hall–Kier alpha value is -0.680. The van der Waals surface area contributed by atoms with Crippen LogP contribution in [0.5, 0.6) is 0 Å². The van der Waals surface area contributed by atoms with E-state index in [1.807, 2.05) is 0 Å². The molecule has 0 amide bonds. The first-order chi connectivity index (χ1) is 9.49. The van der Waals surface area contributed by atoms with Gasteiger partial charge in [0.25, 0.3) is 0 Å². The van der Waals surface area contributed by atoms with Gasteiger partial charge in [0.05, 0.1) is 6.54 Å². The summed E-state index contributed by atoms with van der Waals surface area (Å²) in [6, 6.07) is 0. The van der Waals surface area contributed by atoms with Gasteiger partial charge in [0.15, 0.2) is 0 Å². The largest absolute Gasteiger partial charge is 0.360 e. The fraction of sp³-hybridized carbons (Fsp3) is 0.867. The highest BCUT2D eigenvalue weighted by atomic mass is 32.1. The average molecular weight is 296 g/mol. The molecule has 1 atom stereocenters. The SMILES string of the molecule is CCNc1nnc(CN2CCCC(C(C)(C)C)CC2)s1. The molecule has 0 aliphatic carbocycles. The van der Waals surface area contributed by atoms with Gasteiger partial charge < -0.3 is 5.32 Å². The molecule has 5 heteroatoms. The number of aromatic nitrogens is 2. The van der Waals surface area contributed by atoms with Crippen LogP contribution in [0.15, 0.2) is 0 Å². The highest BCUT2D eigenvalue weighted by Gasteiger charge is 2.27. The van der Waals surface area contributed by atoms with Crippen LogP contribution in [0, 0.1) is 11.3 Å². The van der Waals surface area contributed by atoms with Crippen LogP contribution in [0.1, 0.15) is 52.0 Å². The van der Waals surface area contributed by atoms with Gasteiger partial charge in [0.2, 0.25) is 5.13 Å². The standard InChI is InChI=1S/C15H28N4S/c1-5-16-14-18-17-13(20-14)11-19-9-6-7-12(8-10-19)15(2,3)4/h12H,5-11H2,1-4H3,(H,16,18). The molecule has 1 fully saturated rings. The molecule has 114 valence electrons. The van der Waals surface area contributed by atoms with Crippen LogP contribution in [0.4, 0.5) is 5.13 Å². The summed E-state index contributed by atoms with van der Waals surface area (Å²) in [5.41, 5.74) is 0.441. The zero-order valence-electron chi connectivity index (χ0n) is 13.3. The van der Waals surface area contributed by atoms with E-state index in [0.29, 0.717) is 5.41 Å². The molecule has 0 saturated carbocycles. The molecule has 1 aliphatic rings. The highest BCUT2D eigenvalue weighted by Crippen LogP contribution is 2.34. The van der Waals surface area contributed by atoms with Crippen LogP contribution in [-0.2, 0) is 6.54 Å². The Labute approximate surface area is 127 Å². The van der Waals surface area contributed by atoms with Gasteiger partial charge in [-0.25, -0.2) is 0 Å². The van der Waals surface area contributed by atoms with Gasteiger partial charge in [-0.05, 0) is 50.6 Å². The van der Waals surface area contributed by atoms with E-state index < -0.39 is 0 Å². The molecular weight excluding hydrogens is 268 g/mol. The molecule has 2 heterocycles. The Kier molecular flexibility index (Phi) is 5.38. The molecule has 4 nitrogen and oxygen atoms in total. The molecule has 20 heavy (non-hydrogen) atoms. The summed E-state index contributed by atoms with van der Waals surface area (Å²) in [7, 11) is 0. The van der Waals surface area contributed by atoms with Crippen molar-refractivity contribution >= 4 is 16.5 Å². The van der Waals surface area contributed by atoms with E-state index in [0.717, 1.165) is 29.1 Å². The Morgan fingerprint density at radius 1 is 1.25 bits per heavy atom. The van der Waals surface area contributed by atoms with Crippen LogP contribution in [-0.4, -0.2) is 34.7 Å². The molecule has 1 saturated heterocycles. The van der Waals surface area contributed by atoms with Crippen molar-refractivity contribution in [2.75, 3.05) is 25.0 Å². The minimum Gasteiger partial charge on any atom is -0.360 e. The molecule has 1 aromatic rings. The molecule has 0 bridgehead atoms. The quantitative estimate of drug-likeness (QED) is 0.921. The number of nitrogens with zero attached hydrogens (tertiary/aromatic N) is 3. The average Bonchev–Trinajstić information content (AvgIpc) is 2.65. The summed E-state index contributed by atoms with van der Waals surface area (Å²) in [6.45, 7) is 13.5. The van der Waals surface area contributed by atoms with Crippen molar-refractivity contribution in [2.24, 2.45) is 11.3 Å². The number of likely N-dealkylation sites (tertiary alicyclic amines) is 1. The summed E-state index contributed by atoms with van der Waals surface area (Å²) in [6.07, 6.45) is 3.97. The number of hydrogen-bond donors (Lipinski definition) is 1. The van der Waals surface area contributed by atoms with Crippen molar-refractivity contribution in [3.8, 4) is 0 Å². The third kappa shape index (κ3) is 4.42. The second-order valence-corrected chi connectivity index (χ2v) is 7.86. The van der Waals surface area contributed by atoms with Gasteiger partial charge in [-0.1, -0.05) is 32.1 Å². The first-order valence-electron chi connectivity index (χ1n) is 7.77. The van der Waals surface area contributed by atoms with Gasteiger partial charge in [-0.2, -0.15) is 0 Å². The Balaban J connectivity index is 1.87. The molecular formula is C15H28N4S. The Morgan fingerprint density at radius 2 is 2.05 bits per heavy atom. The molecule has 0 radical (unpaired) electrons. The Bertz CT molecular complexity index is 410. The smallest absolute Gasteiger partial charge is 0.205 e. The Morgan fingerprint density at radius 3 is 2.75 bits per heavy atom. The van der Waals surface area contributed by atoms with Crippen molar-refractivity contribution in [2.45, 2.75) is 53.5 Å². The fourth-order valence-corrected chi connectivity index (χ4v) is 3.76. The van der Waals surface area contributed by atoms with E-state index in [1.54, 1.807) is 11.3 Å². The number of hydrogen-bond acceptors (Lipinski definition) is 5.